The van der Waals surface area contributed by atoms with Crippen LogP contribution in [0.4, 0.5) is 17.4 Å². The van der Waals surface area contributed by atoms with Crippen molar-refractivity contribution in [3.8, 4) is 0 Å². The number of aromatic nitrogens is 1. The SMILES string of the molecule is O=C(Nc1ccc([N+](=O)[O-])cc1)C1CCN(c2nc3ccccc3o2)CC1. The lowest BCUT2D eigenvalue weighted by atomic mass is 9.96. The maximum atomic E-state index is 12.5. The number of amides is 1. The lowest BCUT2D eigenvalue weighted by Crippen LogP contribution is -2.38. The highest BCUT2D eigenvalue weighted by atomic mass is 16.6. The first-order valence-corrected chi connectivity index (χ1v) is 8.76. The number of non-ortho nitro benzene ring substituents is 1. The fraction of sp³-hybridized carbons (Fsp3) is 0.263. The third-order valence-electron chi connectivity index (χ3n) is 4.76. The summed E-state index contributed by atoms with van der Waals surface area (Å²) in [4.78, 5) is 29.2. The quantitative estimate of drug-likeness (QED) is 0.559. The Morgan fingerprint density at radius 3 is 2.52 bits per heavy atom. The van der Waals surface area contributed by atoms with Crippen LogP contribution < -0.4 is 10.2 Å². The molecule has 4 rings (SSSR count). The summed E-state index contributed by atoms with van der Waals surface area (Å²) in [5, 5.41) is 13.5. The van der Waals surface area contributed by atoms with Gasteiger partial charge in [-0.15, -0.1) is 0 Å². The Balaban J connectivity index is 1.35. The van der Waals surface area contributed by atoms with Gasteiger partial charge in [-0.1, -0.05) is 12.1 Å². The molecule has 2 heterocycles. The monoisotopic (exact) mass is 366 g/mol. The second-order valence-corrected chi connectivity index (χ2v) is 6.52. The Labute approximate surface area is 154 Å². The van der Waals surface area contributed by atoms with Gasteiger partial charge >= 0.3 is 0 Å². The van der Waals surface area contributed by atoms with E-state index in [2.05, 4.69) is 15.2 Å². The second kappa shape index (κ2) is 7.06. The zero-order valence-corrected chi connectivity index (χ0v) is 14.5. The Bertz CT molecular complexity index is 942. The molecule has 1 aromatic heterocycles. The highest BCUT2D eigenvalue weighted by molar-refractivity contribution is 5.92. The van der Waals surface area contributed by atoms with Crippen molar-refractivity contribution in [2.45, 2.75) is 12.8 Å². The molecule has 1 saturated heterocycles. The second-order valence-electron chi connectivity index (χ2n) is 6.52. The molecule has 8 heteroatoms. The molecule has 27 heavy (non-hydrogen) atoms. The van der Waals surface area contributed by atoms with Gasteiger partial charge in [-0.25, -0.2) is 0 Å². The van der Waals surface area contributed by atoms with Gasteiger partial charge in [-0.05, 0) is 37.1 Å². The van der Waals surface area contributed by atoms with E-state index in [0.717, 1.165) is 11.1 Å². The summed E-state index contributed by atoms with van der Waals surface area (Å²) in [6.45, 7) is 1.37. The number of carbonyl (C=O) groups excluding carboxylic acids is 1. The smallest absolute Gasteiger partial charge is 0.298 e. The molecule has 1 aliphatic heterocycles. The summed E-state index contributed by atoms with van der Waals surface area (Å²) in [7, 11) is 0. The van der Waals surface area contributed by atoms with Crippen LogP contribution in [0.5, 0.6) is 0 Å². The number of para-hydroxylation sites is 2. The number of fused-ring (bicyclic) bond motifs is 1. The van der Waals surface area contributed by atoms with Crippen molar-refractivity contribution >= 4 is 34.4 Å². The summed E-state index contributed by atoms with van der Waals surface area (Å²) in [5.41, 5.74) is 2.14. The number of nitrogens with zero attached hydrogens (tertiary/aromatic N) is 3. The maximum absolute atomic E-state index is 12.5. The van der Waals surface area contributed by atoms with Crippen LogP contribution in [-0.4, -0.2) is 28.9 Å². The predicted octanol–water partition coefficient (Wildman–Crippen LogP) is 3.59. The topological polar surface area (TPSA) is 102 Å². The van der Waals surface area contributed by atoms with E-state index in [0.29, 0.717) is 37.6 Å². The highest BCUT2D eigenvalue weighted by Crippen LogP contribution is 2.27. The van der Waals surface area contributed by atoms with Crippen LogP contribution in [0.25, 0.3) is 11.1 Å². The largest absolute Gasteiger partial charge is 0.423 e. The number of hydrogen-bond acceptors (Lipinski definition) is 6. The van der Waals surface area contributed by atoms with E-state index < -0.39 is 4.92 Å². The van der Waals surface area contributed by atoms with Crippen LogP contribution in [0.15, 0.2) is 52.9 Å². The zero-order valence-electron chi connectivity index (χ0n) is 14.5. The predicted molar refractivity (Wildman–Crippen MR) is 101 cm³/mol. The summed E-state index contributed by atoms with van der Waals surface area (Å²) in [6.07, 6.45) is 1.38. The molecule has 1 fully saturated rings. The number of benzene rings is 2. The Kier molecular flexibility index (Phi) is 4.45. The lowest BCUT2D eigenvalue weighted by molar-refractivity contribution is -0.384. The maximum Gasteiger partial charge on any atom is 0.298 e. The number of piperidine rings is 1. The van der Waals surface area contributed by atoms with E-state index in [-0.39, 0.29) is 17.5 Å². The van der Waals surface area contributed by atoms with Crippen molar-refractivity contribution in [1.82, 2.24) is 4.98 Å². The number of nitro benzene ring substituents is 1. The molecular formula is C19H18N4O4. The van der Waals surface area contributed by atoms with Gasteiger partial charge in [0, 0.05) is 36.8 Å². The number of oxazole rings is 1. The summed E-state index contributed by atoms with van der Waals surface area (Å²) < 4.78 is 5.79. The van der Waals surface area contributed by atoms with Crippen molar-refractivity contribution in [2.75, 3.05) is 23.3 Å². The number of carbonyl (C=O) groups is 1. The van der Waals surface area contributed by atoms with Crippen molar-refractivity contribution in [3.05, 3.63) is 58.6 Å². The number of nitrogens with one attached hydrogen (secondary N) is 1. The number of hydrogen-bond donors (Lipinski definition) is 1. The number of rotatable bonds is 4. The van der Waals surface area contributed by atoms with Gasteiger partial charge in [0.2, 0.25) is 5.91 Å². The fourth-order valence-corrected chi connectivity index (χ4v) is 3.24. The van der Waals surface area contributed by atoms with Crippen LogP contribution in [0.3, 0.4) is 0 Å². The van der Waals surface area contributed by atoms with Crippen LogP contribution in [0.2, 0.25) is 0 Å². The Morgan fingerprint density at radius 1 is 1.15 bits per heavy atom. The molecule has 2 aromatic carbocycles. The minimum Gasteiger partial charge on any atom is -0.423 e. The molecule has 1 amide bonds. The first-order chi connectivity index (χ1) is 13.1. The molecule has 0 bridgehead atoms. The highest BCUT2D eigenvalue weighted by Gasteiger charge is 2.27. The molecule has 0 unspecified atom stereocenters. The third kappa shape index (κ3) is 3.59. The average Bonchev–Trinajstić information content (AvgIpc) is 3.13. The molecule has 1 N–H and O–H groups in total. The molecule has 3 aromatic rings. The number of nitro groups is 1. The fourth-order valence-electron chi connectivity index (χ4n) is 3.24. The Hall–Kier alpha value is -3.42. The molecule has 138 valence electrons. The molecule has 0 aliphatic carbocycles. The van der Waals surface area contributed by atoms with Gasteiger partial charge in [0.15, 0.2) is 5.58 Å². The van der Waals surface area contributed by atoms with E-state index in [9.17, 15) is 14.9 Å². The van der Waals surface area contributed by atoms with Crippen LogP contribution >= 0.6 is 0 Å². The molecule has 0 atom stereocenters. The normalized spacial score (nSPS) is 15.0. The molecule has 1 aliphatic rings. The number of anilines is 2. The average molecular weight is 366 g/mol. The first-order valence-electron chi connectivity index (χ1n) is 8.76. The molecule has 8 nitrogen and oxygen atoms in total. The summed E-state index contributed by atoms with van der Waals surface area (Å²) >= 11 is 0. The Morgan fingerprint density at radius 2 is 1.85 bits per heavy atom. The van der Waals surface area contributed by atoms with Crippen LogP contribution in [0.1, 0.15) is 12.8 Å². The minimum absolute atomic E-state index is 0.000332. The van der Waals surface area contributed by atoms with E-state index in [1.54, 1.807) is 12.1 Å². The van der Waals surface area contributed by atoms with Crippen molar-refractivity contribution < 1.29 is 14.1 Å². The molecule has 0 spiro atoms. The summed E-state index contributed by atoms with van der Waals surface area (Å²) in [5.74, 6) is -0.179. The van der Waals surface area contributed by atoms with Gasteiger partial charge in [0.05, 0.1) is 4.92 Å². The lowest BCUT2D eigenvalue weighted by Gasteiger charge is -2.30. The van der Waals surface area contributed by atoms with E-state index in [1.165, 1.54) is 12.1 Å². The molecule has 0 saturated carbocycles. The van der Waals surface area contributed by atoms with E-state index in [4.69, 9.17) is 4.42 Å². The van der Waals surface area contributed by atoms with Crippen LogP contribution in [-0.2, 0) is 4.79 Å². The molecular weight excluding hydrogens is 348 g/mol. The van der Waals surface area contributed by atoms with Gasteiger partial charge in [-0.3, -0.25) is 14.9 Å². The van der Waals surface area contributed by atoms with Crippen molar-refractivity contribution in [2.24, 2.45) is 5.92 Å². The first kappa shape index (κ1) is 17.0. The van der Waals surface area contributed by atoms with E-state index >= 15 is 0 Å². The van der Waals surface area contributed by atoms with Gasteiger partial charge in [-0.2, -0.15) is 4.98 Å². The van der Waals surface area contributed by atoms with Gasteiger partial charge < -0.3 is 14.6 Å². The minimum atomic E-state index is -0.465. The van der Waals surface area contributed by atoms with Crippen molar-refractivity contribution in [3.63, 3.8) is 0 Å². The standard InChI is InChI=1S/C19H18N4O4/c24-18(20-14-5-7-15(8-6-14)23(25)26)13-9-11-22(12-10-13)19-21-16-3-1-2-4-17(16)27-19/h1-8,13H,9-12H2,(H,20,24). The summed E-state index contributed by atoms with van der Waals surface area (Å²) in [6, 6.07) is 14.1. The van der Waals surface area contributed by atoms with Crippen molar-refractivity contribution in [1.29, 1.82) is 0 Å². The van der Waals surface area contributed by atoms with Crippen LogP contribution in [0, 0.1) is 16.0 Å². The van der Waals surface area contributed by atoms with E-state index in [1.807, 2.05) is 24.3 Å². The molecule has 0 radical (unpaired) electrons. The van der Waals surface area contributed by atoms with Gasteiger partial charge in [0.1, 0.15) is 5.52 Å². The van der Waals surface area contributed by atoms with Gasteiger partial charge in [0.25, 0.3) is 11.7 Å². The third-order valence-corrected chi connectivity index (χ3v) is 4.76. The zero-order chi connectivity index (χ0) is 18.8.